The number of hydrogen-bond donors (Lipinski definition) is 1. The van der Waals surface area contributed by atoms with E-state index < -0.39 is 0 Å². The smallest absolute Gasteiger partial charge is 0.221 e. The Morgan fingerprint density at radius 2 is 2.00 bits per heavy atom. The van der Waals surface area contributed by atoms with Crippen LogP contribution in [0.1, 0.15) is 37.8 Å². The summed E-state index contributed by atoms with van der Waals surface area (Å²) in [6.45, 7) is 0.844. The SMILES string of the molecule is c1ccc2c(OC3CCC3)nc(CNC3CC3)cc2c1. The van der Waals surface area contributed by atoms with E-state index >= 15 is 0 Å². The minimum atomic E-state index is 0.373. The highest BCUT2D eigenvalue weighted by atomic mass is 16.5. The number of benzene rings is 1. The predicted molar refractivity (Wildman–Crippen MR) is 79.9 cm³/mol. The van der Waals surface area contributed by atoms with Gasteiger partial charge in [-0.1, -0.05) is 18.2 Å². The molecule has 20 heavy (non-hydrogen) atoms. The first-order valence-electron chi connectivity index (χ1n) is 7.67. The summed E-state index contributed by atoms with van der Waals surface area (Å²) in [7, 11) is 0. The Bertz CT molecular complexity index is 617. The summed E-state index contributed by atoms with van der Waals surface area (Å²) in [6, 6.07) is 11.3. The Labute approximate surface area is 119 Å². The lowest BCUT2D eigenvalue weighted by atomic mass is 9.96. The van der Waals surface area contributed by atoms with Crippen molar-refractivity contribution in [3.63, 3.8) is 0 Å². The van der Waals surface area contributed by atoms with Crippen LogP contribution in [0.15, 0.2) is 30.3 Å². The molecule has 1 N–H and O–H groups in total. The first-order valence-corrected chi connectivity index (χ1v) is 7.67. The average Bonchev–Trinajstić information content (AvgIpc) is 3.24. The standard InChI is InChI=1S/C17H20N2O/c1-2-7-16-12(4-1)10-14(11-18-13-8-9-13)19-17(16)20-15-5-3-6-15/h1-2,4,7,10,13,15,18H,3,5-6,8-9,11H2. The molecule has 1 aromatic carbocycles. The highest BCUT2D eigenvalue weighted by Gasteiger charge is 2.22. The van der Waals surface area contributed by atoms with Gasteiger partial charge in [0.2, 0.25) is 5.88 Å². The van der Waals surface area contributed by atoms with E-state index in [4.69, 9.17) is 9.72 Å². The molecule has 0 radical (unpaired) electrons. The van der Waals surface area contributed by atoms with Gasteiger partial charge in [0.1, 0.15) is 6.10 Å². The van der Waals surface area contributed by atoms with Crippen LogP contribution in [0.2, 0.25) is 0 Å². The Balaban J connectivity index is 1.64. The van der Waals surface area contributed by atoms with Crippen LogP contribution in [0.5, 0.6) is 5.88 Å². The number of nitrogens with zero attached hydrogens (tertiary/aromatic N) is 1. The van der Waals surface area contributed by atoms with Crippen LogP contribution < -0.4 is 10.1 Å². The molecule has 2 aromatic rings. The zero-order valence-corrected chi connectivity index (χ0v) is 11.6. The summed E-state index contributed by atoms with van der Waals surface area (Å²) in [5.41, 5.74) is 1.09. The van der Waals surface area contributed by atoms with E-state index in [1.54, 1.807) is 0 Å². The van der Waals surface area contributed by atoms with Gasteiger partial charge < -0.3 is 10.1 Å². The second-order valence-electron chi connectivity index (χ2n) is 5.97. The van der Waals surface area contributed by atoms with Gasteiger partial charge in [-0.2, -0.15) is 0 Å². The Kier molecular flexibility index (Phi) is 3.07. The maximum atomic E-state index is 6.09. The highest BCUT2D eigenvalue weighted by Crippen LogP contribution is 2.30. The molecule has 0 aliphatic heterocycles. The first kappa shape index (κ1) is 12.2. The summed E-state index contributed by atoms with van der Waals surface area (Å²) in [4.78, 5) is 4.74. The molecule has 0 unspecified atom stereocenters. The zero-order chi connectivity index (χ0) is 13.4. The highest BCUT2D eigenvalue weighted by molar-refractivity contribution is 5.87. The number of nitrogens with one attached hydrogen (secondary N) is 1. The fourth-order valence-corrected chi connectivity index (χ4v) is 2.58. The maximum absolute atomic E-state index is 6.09. The fraction of sp³-hybridized carbons (Fsp3) is 0.471. The lowest BCUT2D eigenvalue weighted by Crippen LogP contribution is -2.25. The van der Waals surface area contributed by atoms with Crippen molar-refractivity contribution in [3.05, 3.63) is 36.0 Å². The Morgan fingerprint density at radius 1 is 1.15 bits per heavy atom. The molecule has 1 heterocycles. The minimum absolute atomic E-state index is 0.373. The molecule has 3 heteroatoms. The largest absolute Gasteiger partial charge is 0.474 e. The Hall–Kier alpha value is -1.61. The third kappa shape index (κ3) is 2.50. The van der Waals surface area contributed by atoms with Gasteiger partial charge in [-0.25, -0.2) is 4.98 Å². The third-order valence-electron chi connectivity index (χ3n) is 4.24. The van der Waals surface area contributed by atoms with Crippen molar-refractivity contribution in [2.75, 3.05) is 0 Å². The van der Waals surface area contributed by atoms with Gasteiger partial charge in [0.25, 0.3) is 0 Å². The normalized spacial score (nSPS) is 19.0. The van der Waals surface area contributed by atoms with Crippen molar-refractivity contribution in [2.45, 2.75) is 50.8 Å². The Morgan fingerprint density at radius 3 is 2.75 bits per heavy atom. The fourth-order valence-electron chi connectivity index (χ4n) is 2.58. The lowest BCUT2D eigenvalue weighted by Gasteiger charge is -2.26. The molecule has 104 valence electrons. The average molecular weight is 268 g/mol. The van der Waals surface area contributed by atoms with Crippen molar-refractivity contribution >= 4 is 10.8 Å². The summed E-state index contributed by atoms with van der Waals surface area (Å²) in [6.07, 6.45) is 6.60. The van der Waals surface area contributed by atoms with E-state index in [0.29, 0.717) is 12.1 Å². The predicted octanol–water partition coefficient (Wildman–Crippen LogP) is 3.42. The van der Waals surface area contributed by atoms with Gasteiger partial charge >= 0.3 is 0 Å². The zero-order valence-electron chi connectivity index (χ0n) is 11.6. The molecular formula is C17H20N2O. The van der Waals surface area contributed by atoms with Crippen molar-refractivity contribution in [3.8, 4) is 5.88 Å². The van der Waals surface area contributed by atoms with Crippen molar-refractivity contribution in [2.24, 2.45) is 0 Å². The molecule has 0 spiro atoms. The number of aromatic nitrogens is 1. The van der Waals surface area contributed by atoms with Crippen LogP contribution in [-0.2, 0) is 6.54 Å². The minimum Gasteiger partial charge on any atom is -0.474 e. The van der Waals surface area contributed by atoms with Gasteiger partial charge in [0.05, 0.1) is 5.69 Å². The summed E-state index contributed by atoms with van der Waals surface area (Å²) < 4.78 is 6.09. The molecule has 4 rings (SSSR count). The van der Waals surface area contributed by atoms with E-state index in [-0.39, 0.29) is 0 Å². The third-order valence-corrected chi connectivity index (χ3v) is 4.24. The van der Waals surface area contributed by atoms with Crippen LogP contribution in [0.25, 0.3) is 10.8 Å². The summed E-state index contributed by atoms with van der Waals surface area (Å²) >= 11 is 0. The molecule has 2 fully saturated rings. The van der Waals surface area contributed by atoms with Crippen molar-refractivity contribution in [1.29, 1.82) is 0 Å². The molecule has 1 aromatic heterocycles. The summed E-state index contributed by atoms with van der Waals surface area (Å²) in [5, 5.41) is 5.89. The molecule has 2 aliphatic rings. The molecule has 2 saturated carbocycles. The van der Waals surface area contributed by atoms with Crippen LogP contribution in [0.4, 0.5) is 0 Å². The van der Waals surface area contributed by atoms with Gasteiger partial charge in [-0.05, 0) is 49.6 Å². The number of ether oxygens (including phenoxy) is 1. The van der Waals surface area contributed by atoms with Gasteiger partial charge in [0.15, 0.2) is 0 Å². The van der Waals surface area contributed by atoms with Crippen molar-refractivity contribution in [1.82, 2.24) is 10.3 Å². The molecule has 0 amide bonds. The molecule has 0 saturated heterocycles. The quantitative estimate of drug-likeness (QED) is 0.902. The molecule has 0 atom stereocenters. The maximum Gasteiger partial charge on any atom is 0.221 e. The summed E-state index contributed by atoms with van der Waals surface area (Å²) in [5.74, 6) is 0.820. The topological polar surface area (TPSA) is 34.1 Å². The van der Waals surface area contributed by atoms with E-state index in [1.807, 2.05) is 0 Å². The van der Waals surface area contributed by atoms with E-state index in [0.717, 1.165) is 23.5 Å². The number of hydrogen-bond acceptors (Lipinski definition) is 3. The first-order chi connectivity index (χ1) is 9.88. The van der Waals surface area contributed by atoms with Crippen LogP contribution in [0.3, 0.4) is 0 Å². The van der Waals surface area contributed by atoms with Gasteiger partial charge in [-0.3, -0.25) is 0 Å². The second kappa shape index (κ2) is 5.06. The number of fused-ring (bicyclic) bond motifs is 1. The van der Waals surface area contributed by atoms with Gasteiger partial charge in [-0.15, -0.1) is 0 Å². The number of rotatable bonds is 5. The molecule has 0 bridgehead atoms. The van der Waals surface area contributed by atoms with Crippen LogP contribution >= 0.6 is 0 Å². The van der Waals surface area contributed by atoms with E-state index in [2.05, 4.69) is 35.6 Å². The van der Waals surface area contributed by atoms with Crippen LogP contribution in [0, 0.1) is 0 Å². The lowest BCUT2D eigenvalue weighted by molar-refractivity contribution is 0.116. The molecule has 2 aliphatic carbocycles. The van der Waals surface area contributed by atoms with E-state index in [1.165, 1.54) is 37.5 Å². The second-order valence-corrected chi connectivity index (χ2v) is 5.97. The van der Waals surface area contributed by atoms with E-state index in [9.17, 15) is 0 Å². The number of pyridine rings is 1. The van der Waals surface area contributed by atoms with Gasteiger partial charge in [0, 0.05) is 18.0 Å². The van der Waals surface area contributed by atoms with Crippen molar-refractivity contribution < 1.29 is 4.74 Å². The monoisotopic (exact) mass is 268 g/mol. The van der Waals surface area contributed by atoms with Crippen LogP contribution in [-0.4, -0.2) is 17.1 Å². The molecule has 3 nitrogen and oxygen atoms in total. The molecular weight excluding hydrogens is 248 g/mol.